The van der Waals surface area contributed by atoms with E-state index in [0.29, 0.717) is 28.6 Å². The fourth-order valence-electron chi connectivity index (χ4n) is 2.91. The predicted octanol–water partition coefficient (Wildman–Crippen LogP) is 3.90. The third kappa shape index (κ3) is 4.02. The highest BCUT2D eigenvalue weighted by molar-refractivity contribution is 8.00. The highest BCUT2D eigenvalue weighted by atomic mass is 32.2. The SMILES string of the molecule is CCOc1ccc(N2C(=O)C[C@@H](Sc3nc(C(C)C)ccc3C#N)C2=O)cc1. The summed E-state index contributed by atoms with van der Waals surface area (Å²) < 4.78 is 5.40. The maximum Gasteiger partial charge on any atom is 0.247 e. The van der Waals surface area contributed by atoms with Crippen molar-refractivity contribution in [2.75, 3.05) is 11.5 Å². The molecule has 1 aromatic heterocycles. The molecule has 3 rings (SSSR count). The van der Waals surface area contributed by atoms with Crippen LogP contribution in [0.1, 0.15) is 44.4 Å². The zero-order valence-electron chi connectivity index (χ0n) is 16.0. The van der Waals surface area contributed by atoms with Crippen molar-refractivity contribution in [3.05, 3.63) is 47.7 Å². The van der Waals surface area contributed by atoms with Crippen LogP contribution in [-0.2, 0) is 9.59 Å². The first-order valence-electron chi connectivity index (χ1n) is 9.12. The molecule has 0 aliphatic carbocycles. The molecular weight excluding hydrogens is 374 g/mol. The Morgan fingerprint density at radius 3 is 2.57 bits per heavy atom. The van der Waals surface area contributed by atoms with E-state index in [9.17, 15) is 14.9 Å². The van der Waals surface area contributed by atoms with Gasteiger partial charge in [0.2, 0.25) is 11.8 Å². The van der Waals surface area contributed by atoms with Gasteiger partial charge in [0.25, 0.3) is 0 Å². The van der Waals surface area contributed by atoms with Gasteiger partial charge in [0.1, 0.15) is 16.8 Å². The number of aromatic nitrogens is 1. The molecule has 2 aromatic rings. The molecule has 1 aromatic carbocycles. The van der Waals surface area contributed by atoms with Gasteiger partial charge in [0.05, 0.1) is 23.1 Å². The Morgan fingerprint density at radius 2 is 1.96 bits per heavy atom. The van der Waals surface area contributed by atoms with Crippen molar-refractivity contribution in [3.8, 4) is 11.8 Å². The third-order valence-corrected chi connectivity index (χ3v) is 5.55. The quantitative estimate of drug-likeness (QED) is 0.690. The number of hydrogen-bond donors (Lipinski definition) is 0. The number of thioether (sulfide) groups is 1. The minimum absolute atomic E-state index is 0.0785. The Kier molecular flexibility index (Phi) is 6.00. The van der Waals surface area contributed by atoms with Crippen LogP contribution in [0.5, 0.6) is 5.75 Å². The number of benzene rings is 1. The van der Waals surface area contributed by atoms with Crippen LogP contribution >= 0.6 is 11.8 Å². The lowest BCUT2D eigenvalue weighted by molar-refractivity contribution is -0.121. The molecule has 1 fully saturated rings. The van der Waals surface area contributed by atoms with Gasteiger partial charge in [-0.3, -0.25) is 9.59 Å². The molecule has 1 saturated heterocycles. The summed E-state index contributed by atoms with van der Waals surface area (Å²) in [5.41, 5.74) is 1.78. The molecule has 7 heteroatoms. The van der Waals surface area contributed by atoms with Crippen LogP contribution in [0.4, 0.5) is 5.69 Å². The molecule has 0 radical (unpaired) electrons. The minimum Gasteiger partial charge on any atom is -0.494 e. The first kappa shape index (κ1) is 19.9. The molecule has 1 atom stereocenters. The molecule has 2 heterocycles. The molecule has 0 saturated carbocycles. The Balaban J connectivity index is 1.82. The maximum absolute atomic E-state index is 12.9. The largest absolute Gasteiger partial charge is 0.494 e. The van der Waals surface area contributed by atoms with Crippen LogP contribution in [0.25, 0.3) is 0 Å². The molecule has 144 valence electrons. The fourth-order valence-corrected chi connectivity index (χ4v) is 4.01. The number of hydrogen-bond acceptors (Lipinski definition) is 6. The zero-order valence-corrected chi connectivity index (χ0v) is 16.8. The van der Waals surface area contributed by atoms with Gasteiger partial charge < -0.3 is 4.74 Å². The Bertz CT molecular complexity index is 935. The van der Waals surface area contributed by atoms with Gasteiger partial charge in [0.15, 0.2) is 0 Å². The predicted molar refractivity (Wildman–Crippen MR) is 107 cm³/mol. The van der Waals surface area contributed by atoms with Crippen molar-refractivity contribution < 1.29 is 14.3 Å². The van der Waals surface area contributed by atoms with Gasteiger partial charge in [-0.05, 0) is 49.2 Å². The summed E-state index contributed by atoms with van der Waals surface area (Å²) in [6.45, 7) is 6.46. The topological polar surface area (TPSA) is 83.3 Å². The number of nitriles is 1. The molecule has 0 bridgehead atoms. The first-order chi connectivity index (χ1) is 13.4. The molecule has 28 heavy (non-hydrogen) atoms. The second-order valence-corrected chi connectivity index (χ2v) is 7.85. The molecule has 1 aliphatic rings. The first-order valence-corrected chi connectivity index (χ1v) is 10.00. The Hall–Kier alpha value is -2.85. The van der Waals surface area contributed by atoms with Gasteiger partial charge in [-0.15, -0.1) is 0 Å². The Labute approximate surface area is 168 Å². The van der Waals surface area contributed by atoms with Crippen LogP contribution in [0.2, 0.25) is 0 Å². The smallest absolute Gasteiger partial charge is 0.247 e. The monoisotopic (exact) mass is 395 g/mol. The average Bonchev–Trinajstić information content (AvgIpc) is 2.96. The fraction of sp³-hybridized carbons (Fsp3) is 0.333. The lowest BCUT2D eigenvalue weighted by Gasteiger charge is -2.16. The molecule has 0 spiro atoms. The van der Waals surface area contributed by atoms with Gasteiger partial charge in [-0.25, -0.2) is 9.88 Å². The van der Waals surface area contributed by atoms with Gasteiger partial charge in [-0.2, -0.15) is 5.26 Å². The molecule has 2 amide bonds. The maximum atomic E-state index is 12.9. The number of ether oxygens (including phenoxy) is 1. The number of imide groups is 1. The van der Waals surface area contributed by atoms with Crippen molar-refractivity contribution in [3.63, 3.8) is 0 Å². The van der Waals surface area contributed by atoms with Gasteiger partial charge in [0, 0.05) is 12.1 Å². The number of carbonyl (C=O) groups excluding carboxylic acids is 2. The second kappa shape index (κ2) is 8.44. The number of nitrogens with zero attached hydrogens (tertiary/aromatic N) is 3. The van der Waals surface area contributed by atoms with Gasteiger partial charge in [-0.1, -0.05) is 25.6 Å². The van der Waals surface area contributed by atoms with Crippen molar-refractivity contribution in [2.24, 2.45) is 0 Å². The van der Waals surface area contributed by atoms with E-state index in [1.165, 1.54) is 16.7 Å². The lowest BCUT2D eigenvalue weighted by Crippen LogP contribution is -2.31. The van der Waals surface area contributed by atoms with Crippen LogP contribution in [-0.4, -0.2) is 28.7 Å². The number of rotatable bonds is 6. The summed E-state index contributed by atoms with van der Waals surface area (Å²) in [6, 6.07) is 12.5. The number of anilines is 1. The summed E-state index contributed by atoms with van der Waals surface area (Å²) in [5, 5.41) is 9.26. The van der Waals surface area contributed by atoms with Crippen LogP contribution in [0.15, 0.2) is 41.4 Å². The molecule has 6 nitrogen and oxygen atoms in total. The number of pyridine rings is 1. The standard InChI is InChI=1S/C21H21N3O3S/c1-4-27-16-8-6-15(7-9-16)24-19(25)11-18(21(24)26)28-20-14(12-22)5-10-17(23-20)13(2)3/h5-10,13,18H,4,11H2,1-3H3/t18-/m1/s1. The Morgan fingerprint density at radius 1 is 1.25 bits per heavy atom. The summed E-state index contributed by atoms with van der Waals surface area (Å²) in [6.07, 6.45) is 0.0785. The molecular formula is C21H21N3O3S. The molecule has 0 unspecified atom stereocenters. The summed E-state index contributed by atoms with van der Waals surface area (Å²) >= 11 is 1.19. The van der Waals surface area contributed by atoms with Crippen molar-refractivity contribution in [1.29, 1.82) is 5.26 Å². The summed E-state index contributed by atoms with van der Waals surface area (Å²) in [5.74, 6) is 0.336. The van der Waals surface area contributed by atoms with E-state index in [2.05, 4.69) is 11.1 Å². The van der Waals surface area contributed by atoms with Crippen molar-refractivity contribution >= 4 is 29.3 Å². The van der Waals surface area contributed by atoms with E-state index >= 15 is 0 Å². The van der Waals surface area contributed by atoms with Gasteiger partial charge >= 0.3 is 0 Å². The summed E-state index contributed by atoms with van der Waals surface area (Å²) in [7, 11) is 0. The minimum atomic E-state index is -0.596. The lowest BCUT2D eigenvalue weighted by atomic mass is 10.1. The van der Waals surface area contributed by atoms with Crippen LogP contribution < -0.4 is 9.64 Å². The highest BCUT2D eigenvalue weighted by Gasteiger charge is 2.40. The second-order valence-electron chi connectivity index (χ2n) is 6.66. The zero-order chi connectivity index (χ0) is 20.3. The summed E-state index contributed by atoms with van der Waals surface area (Å²) in [4.78, 5) is 31.1. The highest BCUT2D eigenvalue weighted by Crippen LogP contribution is 2.35. The average molecular weight is 395 g/mol. The van der Waals surface area contributed by atoms with E-state index in [1.807, 2.05) is 26.8 Å². The van der Waals surface area contributed by atoms with E-state index in [4.69, 9.17) is 4.74 Å². The van der Waals surface area contributed by atoms with Crippen molar-refractivity contribution in [1.82, 2.24) is 4.98 Å². The number of carbonyl (C=O) groups is 2. The van der Waals surface area contributed by atoms with Crippen molar-refractivity contribution in [2.45, 2.75) is 43.4 Å². The van der Waals surface area contributed by atoms with Crippen LogP contribution in [0, 0.1) is 11.3 Å². The normalized spacial score (nSPS) is 16.5. The van der Waals surface area contributed by atoms with E-state index in [0.717, 1.165) is 5.69 Å². The van der Waals surface area contributed by atoms with E-state index < -0.39 is 5.25 Å². The molecule has 0 N–H and O–H groups in total. The van der Waals surface area contributed by atoms with E-state index in [-0.39, 0.29) is 24.2 Å². The van der Waals surface area contributed by atoms with Crippen LogP contribution in [0.3, 0.4) is 0 Å². The number of amides is 2. The molecule has 1 aliphatic heterocycles. The van der Waals surface area contributed by atoms with E-state index in [1.54, 1.807) is 30.3 Å². The third-order valence-electron chi connectivity index (χ3n) is 4.36.